The molecule has 0 radical (unpaired) electrons. The van der Waals surface area contributed by atoms with Crippen LogP contribution < -0.4 is 5.32 Å². The van der Waals surface area contributed by atoms with E-state index in [2.05, 4.69) is 20.5 Å². The van der Waals surface area contributed by atoms with E-state index in [0.717, 1.165) is 16.7 Å². The Hall–Kier alpha value is -3.20. The summed E-state index contributed by atoms with van der Waals surface area (Å²) in [6.07, 6.45) is -2.80. The molecule has 6 nitrogen and oxygen atoms in total. The van der Waals surface area contributed by atoms with Crippen molar-refractivity contribution in [1.29, 1.82) is 0 Å². The van der Waals surface area contributed by atoms with Gasteiger partial charge in [0.1, 0.15) is 0 Å². The Morgan fingerprint density at radius 3 is 2.66 bits per heavy atom. The largest absolute Gasteiger partial charge is 0.422 e. The monoisotopic (exact) mass is 402 g/mol. The van der Waals surface area contributed by atoms with Gasteiger partial charge in [-0.3, -0.25) is 14.9 Å². The Morgan fingerprint density at radius 1 is 1.21 bits per heavy atom. The molecule has 150 valence electrons. The molecular formula is C20H17F3N4O2. The highest BCUT2D eigenvalue weighted by Crippen LogP contribution is 2.49. The number of carbonyl (C=O) groups excluding carboxylic acids is 1. The first-order chi connectivity index (χ1) is 13.7. The number of benzene rings is 1. The minimum atomic E-state index is -5.03. The molecule has 0 fully saturated rings. The summed E-state index contributed by atoms with van der Waals surface area (Å²) in [6, 6.07) is 11.0. The smallest absolute Gasteiger partial charge is 0.376 e. The highest BCUT2D eigenvalue weighted by molar-refractivity contribution is 5.94. The fourth-order valence-electron chi connectivity index (χ4n) is 3.60. The number of aliphatic hydroxyl groups is 1. The molecule has 9 heteroatoms. The number of rotatable bonds is 3. The SMILES string of the molecule is CC(c1cccc(-c2cccnc2)c1)c1[nH]nc2c1C(O)(C(F)(F)F)CC(=O)N2. The molecule has 3 heterocycles. The Morgan fingerprint density at radius 2 is 1.97 bits per heavy atom. The Kier molecular flexibility index (Phi) is 4.42. The zero-order chi connectivity index (χ0) is 20.8. The number of nitrogens with zero attached hydrogens (tertiary/aromatic N) is 2. The summed E-state index contributed by atoms with van der Waals surface area (Å²) in [5.74, 6) is -1.79. The summed E-state index contributed by atoms with van der Waals surface area (Å²) in [5.41, 5.74) is -1.20. The first kappa shape index (κ1) is 19.1. The molecule has 2 unspecified atom stereocenters. The molecule has 3 aromatic rings. The van der Waals surface area contributed by atoms with E-state index in [-0.39, 0.29) is 11.5 Å². The van der Waals surface area contributed by atoms with E-state index in [9.17, 15) is 23.1 Å². The van der Waals surface area contributed by atoms with Crippen LogP contribution in [-0.4, -0.2) is 32.4 Å². The number of alkyl halides is 3. The molecule has 0 spiro atoms. The number of aromatic amines is 1. The van der Waals surface area contributed by atoms with Crippen molar-refractivity contribution in [2.24, 2.45) is 0 Å². The number of fused-ring (bicyclic) bond motifs is 1. The number of aromatic nitrogens is 3. The molecule has 0 aliphatic carbocycles. The van der Waals surface area contributed by atoms with E-state index >= 15 is 0 Å². The van der Waals surface area contributed by atoms with Gasteiger partial charge in [0.05, 0.1) is 17.7 Å². The number of hydrogen-bond donors (Lipinski definition) is 3. The van der Waals surface area contributed by atoms with Crippen LogP contribution in [0.3, 0.4) is 0 Å². The summed E-state index contributed by atoms with van der Waals surface area (Å²) in [4.78, 5) is 15.8. The van der Waals surface area contributed by atoms with Gasteiger partial charge in [-0.25, -0.2) is 0 Å². The lowest BCUT2D eigenvalue weighted by Crippen LogP contribution is -2.48. The Labute approximate surface area is 163 Å². The van der Waals surface area contributed by atoms with Crippen LogP contribution in [0.2, 0.25) is 0 Å². The van der Waals surface area contributed by atoms with Crippen molar-refractivity contribution in [3.05, 3.63) is 65.6 Å². The molecule has 4 rings (SSSR count). The lowest BCUT2D eigenvalue weighted by molar-refractivity contribution is -0.267. The van der Waals surface area contributed by atoms with Crippen molar-refractivity contribution in [2.45, 2.75) is 31.0 Å². The average molecular weight is 402 g/mol. The van der Waals surface area contributed by atoms with Crippen LogP contribution in [0.5, 0.6) is 0 Å². The number of carbonyl (C=O) groups is 1. The summed E-state index contributed by atoms with van der Waals surface area (Å²) >= 11 is 0. The van der Waals surface area contributed by atoms with E-state index in [1.165, 1.54) is 0 Å². The van der Waals surface area contributed by atoms with Crippen molar-refractivity contribution in [3.63, 3.8) is 0 Å². The molecule has 1 aliphatic rings. The average Bonchev–Trinajstić information content (AvgIpc) is 3.12. The van der Waals surface area contributed by atoms with Gasteiger partial charge in [-0.2, -0.15) is 18.3 Å². The van der Waals surface area contributed by atoms with Gasteiger partial charge in [0.15, 0.2) is 11.4 Å². The second-order valence-electron chi connectivity index (χ2n) is 7.03. The van der Waals surface area contributed by atoms with Crippen LogP contribution in [0.25, 0.3) is 11.1 Å². The highest BCUT2D eigenvalue weighted by atomic mass is 19.4. The second kappa shape index (κ2) is 6.70. The number of hydrogen-bond acceptors (Lipinski definition) is 4. The maximum atomic E-state index is 13.7. The lowest BCUT2D eigenvalue weighted by Gasteiger charge is -2.34. The second-order valence-corrected chi connectivity index (χ2v) is 7.03. The summed E-state index contributed by atoms with van der Waals surface area (Å²) in [6.45, 7) is 1.71. The number of nitrogens with one attached hydrogen (secondary N) is 2. The third-order valence-corrected chi connectivity index (χ3v) is 5.17. The van der Waals surface area contributed by atoms with Gasteiger partial charge >= 0.3 is 6.18 Å². The van der Waals surface area contributed by atoms with Gasteiger partial charge in [-0.15, -0.1) is 0 Å². The molecule has 1 aromatic carbocycles. The summed E-state index contributed by atoms with van der Waals surface area (Å²) in [7, 11) is 0. The molecule has 0 saturated carbocycles. The molecule has 0 bridgehead atoms. The molecule has 29 heavy (non-hydrogen) atoms. The molecular weight excluding hydrogens is 385 g/mol. The molecule has 1 aliphatic heterocycles. The third-order valence-electron chi connectivity index (χ3n) is 5.17. The molecule has 0 saturated heterocycles. The van der Waals surface area contributed by atoms with Crippen LogP contribution >= 0.6 is 0 Å². The van der Waals surface area contributed by atoms with Crippen molar-refractivity contribution in [1.82, 2.24) is 15.2 Å². The standard InChI is InChI=1S/C20H17F3N4O2/c1-11(12-4-2-5-13(8-12)14-6-3-7-24-10-14)17-16-18(27-26-17)25-15(28)9-19(16,29)20(21,22)23/h2-8,10-11,29H,9H2,1H3,(H2,25,26,27,28). The van der Waals surface area contributed by atoms with Gasteiger partial charge in [0.25, 0.3) is 0 Å². The van der Waals surface area contributed by atoms with Crippen LogP contribution in [-0.2, 0) is 10.4 Å². The predicted octanol–water partition coefficient (Wildman–Crippen LogP) is 3.72. The summed E-state index contributed by atoms with van der Waals surface area (Å²) < 4.78 is 41.1. The van der Waals surface area contributed by atoms with Crippen LogP contribution in [0, 0.1) is 0 Å². The van der Waals surface area contributed by atoms with E-state index < -0.39 is 35.6 Å². The van der Waals surface area contributed by atoms with Gasteiger partial charge in [0, 0.05) is 18.3 Å². The topological polar surface area (TPSA) is 90.9 Å². The first-order valence-electron chi connectivity index (χ1n) is 8.89. The van der Waals surface area contributed by atoms with Crippen molar-refractivity contribution >= 4 is 11.7 Å². The zero-order valence-electron chi connectivity index (χ0n) is 15.3. The number of anilines is 1. The predicted molar refractivity (Wildman–Crippen MR) is 99.0 cm³/mol. The molecule has 3 N–H and O–H groups in total. The van der Waals surface area contributed by atoms with Crippen molar-refractivity contribution < 1.29 is 23.1 Å². The maximum Gasteiger partial charge on any atom is 0.422 e. The van der Waals surface area contributed by atoms with Gasteiger partial charge < -0.3 is 10.4 Å². The molecule has 1 amide bonds. The maximum absolute atomic E-state index is 13.7. The van der Waals surface area contributed by atoms with Crippen molar-refractivity contribution in [3.8, 4) is 11.1 Å². The quantitative estimate of drug-likeness (QED) is 0.623. The zero-order valence-corrected chi connectivity index (χ0v) is 15.3. The van der Waals surface area contributed by atoms with Gasteiger partial charge in [0.2, 0.25) is 5.91 Å². The number of H-pyrrole nitrogens is 1. The molecule has 2 aromatic heterocycles. The minimum absolute atomic E-state index is 0.100. The van der Waals surface area contributed by atoms with Crippen LogP contribution in [0.1, 0.15) is 36.1 Å². The van der Waals surface area contributed by atoms with Crippen LogP contribution in [0.4, 0.5) is 19.0 Å². The fraction of sp³-hybridized carbons (Fsp3) is 0.250. The van der Waals surface area contributed by atoms with E-state index in [1.807, 2.05) is 18.2 Å². The van der Waals surface area contributed by atoms with E-state index in [4.69, 9.17) is 0 Å². The minimum Gasteiger partial charge on any atom is -0.376 e. The van der Waals surface area contributed by atoms with Crippen molar-refractivity contribution in [2.75, 3.05) is 5.32 Å². The Bertz CT molecular complexity index is 1070. The Balaban J connectivity index is 1.79. The number of amides is 1. The number of halogens is 3. The van der Waals surface area contributed by atoms with E-state index in [0.29, 0.717) is 0 Å². The highest BCUT2D eigenvalue weighted by Gasteiger charge is 2.60. The fourth-order valence-corrected chi connectivity index (χ4v) is 3.60. The van der Waals surface area contributed by atoms with E-state index in [1.54, 1.807) is 37.5 Å². The third kappa shape index (κ3) is 3.17. The molecule has 2 atom stereocenters. The van der Waals surface area contributed by atoms with Crippen LogP contribution in [0.15, 0.2) is 48.8 Å². The normalized spacial score (nSPS) is 20.1. The first-order valence-corrected chi connectivity index (χ1v) is 8.89. The van der Waals surface area contributed by atoms with Gasteiger partial charge in [-0.05, 0) is 22.8 Å². The van der Waals surface area contributed by atoms with Gasteiger partial charge in [-0.1, -0.05) is 37.3 Å². The number of pyridine rings is 1. The summed E-state index contributed by atoms with van der Waals surface area (Å²) in [5, 5.41) is 19.2. The lowest BCUT2D eigenvalue weighted by atomic mass is 9.82.